The van der Waals surface area contributed by atoms with Crippen LogP contribution in [0.25, 0.3) is 0 Å². The van der Waals surface area contributed by atoms with Gasteiger partial charge in [0.15, 0.2) is 0 Å². The number of hydrogen-bond donors (Lipinski definition) is 2. The van der Waals surface area contributed by atoms with Crippen molar-refractivity contribution in [3.8, 4) is 0 Å². The van der Waals surface area contributed by atoms with Crippen molar-refractivity contribution in [1.29, 1.82) is 0 Å². The number of hydrogen-bond acceptors (Lipinski definition) is 3. The zero-order chi connectivity index (χ0) is 17.0. The van der Waals surface area contributed by atoms with E-state index in [1.807, 2.05) is 26.0 Å². The maximum Gasteiger partial charge on any atom is 0.224 e. The normalized spacial score (nSPS) is 10.7. The van der Waals surface area contributed by atoms with E-state index >= 15 is 0 Å². The average Bonchev–Trinajstić information content (AvgIpc) is 2.43. The summed E-state index contributed by atoms with van der Waals surface area (Å²) in [7, 11) is 0. The third-order valence-corrected chi connectivity index (χ3v) is 3.57. The topological polar surface area (TPSA) is 54.0 Å². The van der Waals surface area contributed by atoms with Gasteiger partial charge in [-0.25, -0.2) is 4.98 Å². The second-order valence-electron chi connectivity index (χ2n) is 6.48. The van der Waals surface area contributed by atoms with Crippen LogP contribution in [0.2, 0.25) is 0 Å². The van der Waals surface area contributed by atoms with Crippen molar-refractivity contribution >= 4 is 23.1 Å². The molecule has 0 saturated heterocycles. The minimum Gasteiger partial charge on any atom is -0.340 e. The van der Waals surface area contributed by atoms with Gasteiger partial charge in [-0.3, -0.25) is 4.79 Å². The largest absolute Gasteiger partial charge is 0.340 e. The Morgan fingerprint density at radius 2 is 1.78 bits per heavy atom. The highest BCUT2D eigenvalue weighted by atomic mass is 16.1. The number of nitrogens with one attached hydrogen (secondary N) is 2. The van der Waals surface area contributed by atoms with Gasteiger partial charge < -0.3 is 10.6 Å². The number of aryl methyl sites for hydroxylation is 3. The first-order chi connectivity index (χ1) is 10.8. The van der Waals surface area contributed by atoms with Crippen LogP contribution in [0.3, 0.4) is 0 Å². The molecule has 2 aromatic rings. The van der Waals surface area contributed by atoms with Crippen molar-refractivity contribution in [2.75, 3.05) is 10.6 Å². The van der Waals surface area contributed by atoms with Crippen molar-refractivity contribution in [2.45, 2.75) is 41.0 Å². The molecular weight excluding hydrogens is 286 g/mol. The van der Waals surface area contributed by atoms with Gasteiger partial charge in [-0.1, -0.05) is 31.5 Å². The highest BCUT2D eigenvalue weighted by Gasteiger charge is 2.07. The predicted octanol–water partition coefficient (Wildman–Crippen LogP) is 4.74. The average molecular weight is 311 g/mol. The van der Waals surface area contributed by atoms with E-state index in [2.05, 4.69) is 48.5 Å². The lowest BCUT2D eigenvalue weighted by atomic mass is 10.1. The summed E-state index contributed by atoms with van der Waals surface area (Å²) in [5.41, 5.74) is 5.44. The lowest BCUT2D eigenvalue weighted by molar-refractivity contribution is -0.116. The molecule has 0 aliphatic rings. The quantitative estimate of drug-likeness (QED) is 0.839. The summed E-state index contributed by atoms with van der Waals surface area (Å²) >= 11 is 0. The molecule has 0 spiro atoms. The number of nitrogens with zero attached hydrogens (tertiary/aromatic N) is 1. The first-order valence-corrected chi connectivity index (χ1v) is 7.96. The summed E-state index contributed by atoms with van der Waals surface area (Å²) in [6, 6.07) is 8.04. The number of carbonyl (C=O) groups excluding carboxylic acids is 1. The Balaban J connectivity index is 2.07. The molecule has 0 unspecified atom stereocenters. The summed E-state index contributed by atoms with van der Waals surface area (Å²) in [6.45, 7) is 10.3. The molecule has 1 heterocycles. The van der Waals surface area contributed by atoms with Gasteiger partial charge in [0.05, 0.1) is 11.9 Å². The molecular formula is C19H25N3O. The second kappa shape index (κ2) is 7.27. The van der Waals surface area contributed by atoms with Gasteiger partial charge in [-0.2, -0.15) is 0 Å². The summed E-state index contributed by atoms with van der Waals surface area (Å²) in [6.07, 6.45) is 2.20. The Kier molecular flexibility index (Phi) is 5.37. The Labute approximate surface area is 138 Å². The fraction of sp³-hybridized carbons (Fsp3) is 0.368. The molecule has 1 amide bonds. The lowest BCUT2D eigenvalue weighted by Gasteiger charge is -2.14. The Bertz CT molecular complexity index is 667. The molecule has 1 aromatic carbocycles. The zero-order valence-electron chi connectivity index (χ0n) is 14.5. The van der Waals surface area contributed by atoms with Crippen LogP contribution in [0.4, 0.5) is 17.2 Å². The Morgan fingerprint density at radius 3 is 2.30 bits per heavy atom. The minimum absolute atomic E-state index is 0.0210. The molecule has 0 aliphatic carbocycles. The van der Waals surface area contributed by atoms with E-state index in [4.69, 9.17) is 0 Å². The van der Waals surface area contributed by atoms with Crippen LogP contribution in [-0.4, -0.2) is 10.9 Å². The Morgan fingerprint density at radius 1 is 1.13 bits per heavy atom. The van der Waals surface area contributed by atoms with Crippen LogP contribution >= 0.6 is 0 Å². The van der Waals surface area contributed by atoms with Crippen LogP contribution in [0.15, 0.2) is 30.5 Å². The predicted molar refractivity (Wildman–Crippen MR) is 96.3 cm³/mol. The molecule has 4 nitrogen and oxygen atoms in total. The number of anilines is 3. The summed E-state index contributed by atoms with van der Waals surface area (Å²) in [4.78, 5) is 16.2. The summed E-state index contributed by atoms with van der Waals surface area (Å²) in [5.74, 6) is 1.13. The molecule has 0 fully saturated rings. The summed E-state index contributed by atoms with van der Waals surface area (Å²) < 4.78 is 0. The number of rotatable bonds is 5. The van der Waals surface area contributed by atoms with E-state index in [9.17, 15) is 4.79 Å². The SMILES string of the molecule is Cc1cc(C)c(Nc2ccc(NC(=O)CC(C)C)cn2)c(C)c1. The van der Waals surface area contributed by atoms with E-state index in [1.165, 1.54) is 16.7 Å². The van der Waals surface area contributed by atoms with Crippen molar-refractivity contribution in [3.63, 3.8) is 0 Å². The molecule has 23 heavy (non-hydrogen) atoms. The van der Waals surface area contributed by atoms with Crippen molar-refractivity contribution in [1.82, 2.24) is 4.98 Å². The van der Waals surface area contributed by atoms with E-state index in [-0.39, 0.29) is 5.91 Å². The van der Waals surface area contributed by atoms with Crippen LogP contribution < -0.4 is 10.6 Å². The lowest BCUT2D eigenvalue weighted by Crippen LogP contribution is -2.14. The first kappa shape index (κ1) is 17.0. The van der Waals surface area contributed by atoms with Crippen LogP contribution in [-0.2, 0) is 4.79 Å². The van der Waals surface area contributed by atoms with Crippen molar-refractivity contribution < 1.29 is 4.79 Å². The smallest absolute Gasteiger partial charge is 0.224 e. The number of carbonyl (C=O) groups is 1. The molecule has 0 saturated carbocycles. The molecule has 0 atom stereocenters. The highest BCUT2D eigenvalue weighted by molar-refractivity contribution is 5.90. The van der Waals surface area contributed by atoms with E-state index in [0.29, 0.717) is 12.3 Å². The van der Waals surface area contributed by atoms with Gasteiger partial charge in [0.1, 0.15) is 5.82 Å². The van der Waals surface area contributed by atoms with Gasteiger partial charge in [-0.05, 0) is 49.9 Å². The standard InChI is InChI=1S/C19H25N3O/c1-12(2)8-18(23)21-16-6-7-17(20-11-16)22-19-14(4)9-13(3)10-15(19)5/h6-7,9-12H,8H2,1-5H3,(H,20,22)(H,21,23). The monoisotopic (exact) mass is 311 g/mol. The fourth-order valence-corrected chi connectivity index (χ4v) is 2.63. The third kappa shape index (κ3) is 4.81. The van der Waals surface area contributed by atoms with E-state index < -0.39 is 0 Å². The highest BCUT2D eigenvalue weighted by Crippen LogP contribution is 2.25. The van der Waals surface area contributed by atoms with E-state index in [1.54, 1.807) is 6.20 Å². The number of aromatic nitrogens is 1. The number of pyridine rings is 1. The van der Waals surface area contributed by atoms with Gasteiger partial charge in [-0.15, -0.1) is 0 Å². The number of amides is 1. The zero-order valence-corrected chi connectivity index (χ0v) is 14.5. The van der Waals surface area contributed by atoms with E-state index in [0.717, 1.165) is 17.2 Å². The van der Waals surface area contributed by atoms with Gasteiger partial charge in [0.2, 0.25) is 5.91 Å². The first-order valence-electron chi connectivity index (χ1n) is 7.96. The molecule has 0 radical (unpaired) electrons. The Hall–Kier alpha value is -2.36. The minimum atomic E-state index is 0.0210. The molecule has 2 N–H and O–H groups in total. The molecule has 1 aromatic heterocycles. The van der Waals surface area contributed by atoms with Crippen LogP contribution in [0.5, 0.6) is 0 Å². The van der Waals surface area contributed by atoms with Crippen LogP contribution in [0, 0.1) is 26.7 Å². The molecule has 0 aliphatic heterocycles. The third-order valence-electron chi connectivity index (χ3n) is 3.57. The maximum atomic E-state index is 11.8. The van der Waals surface area contributed by atoms with Crippen molar-refractivity contribution in [3.05, 3.63) is 47.2 Å². The van der Waals surface area contributed by atoms with Gasteiger partial charge >= 0.3 is 0 Å². The molecule has 0 bridgehead atoms. The fourth-order valence-electron chi connectivity index (χ4n) is 2.63. The second-order valence-corrected chi connectivity index (χ2v) is 6.48. The maximum absolute atomic E-state index is 11.8. The van der Waals surface area contributed by atoms with Crippen molar-refractivity contribution in [2.24, 2.45) is 5.92 Å². The van der Waals surface area contributed by atoms with Crippen LogP contribution in [0.1, 0.15) is 37.0 Å². The summed E-state index contributed by atoms with van der Waals surface area (Å²) in [5, 5.41) is 6.22. The molecule has 122 valence electrons. The molecule has 4 heteroatoms. The number of benzene rings is 1. The van der Waals surface area contributed by atoms with Gasteiger partial charge in [0, 0.05) is 12.1 Å². The van der Waals surface area contributed by atoms with Gasteiger partial charge in [0.25, 0.3) is 0 Å². The molecule has 2 rings (SSSR count).